The van der Waals surface area contributed by atoms with Crippen LogP contribution in [-0.2, 0) is 6.42 Å². The molecule has 0 radical (unpaired) electrons. The highest BCUT2D eigenvalue weighted by Gasteiger charge is 2.18. The minimum absolute atomic E-state index is 0.713. The molecule has 0 spiro atoms. The van der Waals surface area contributed by atoms with E-state index >= 15 is 0 Å². The highest BCUT2D eigenvalue weighted by atomic mass is 32.2. The summed E-state index contributed by atoms with van der Waals surface area (Å²) in [5.41, 5.74) is 5.52. The topological polar surface area (TPSA) is 38.9 Å². The van der Waals surface area contributed by atoms with E-state index in [0.717, 1.165) is 13.0 Å². The third-order valence-electron chi connectivity index (χ3n) is 2.47. The summed E-state index contributed by atoms with van der Waals surface area (Å²) in [5, 5.41) is 1.33. The van der Waals surface area contributed by atoms with Crippen LogP contribution in [0.1, 0.15) is 28.6 Å². The summed E-state index contributed by atoms with van der Waals surface area (Å²) in [6.07, 6.45) is 5.66. The van der Waals surface area contributed by atoms with Gasteiger partial charge < -0.3 is 5.73 Å². The average molecular weight is 228 g/mol. The van der Waals surface area contributed by atoms with E-state index in [9.17, 15) is 0 Å². The van der Waals surface area contributed by atoms with Gasteiger partial charge in [-0.3, -0.25) is 0 Å². The van der Waals surface area contributed by atoms with Crippen LogP contribution in [0, 0.1) is 0 Å². The van der Waals surface area contributed by atoms with Crippen molar-refractivity contribution in [1.82, 2.24) is 4.98 Å². The quantitative estimate of drug-likeness (QED) is 0.862. The van der Waals surface area contributed by atoms with Crippen molar-refractivity contribution in [3.8, 4) is 0 Å². The maximum atomic E-state index is 5.52. The lowest BCUT2D eigenvalue weighted by atomic mass is 10.1. The van der Waals surface area contributed by atoms with Gasteiger partial charge in [-0.1, -0.05) is 0 Å². The molecule has 1 aromatic heterocycles. The molecule has 2 N–H and O–H groups in total. The monoisotopic (exact) mass is 228 g/mol. The van der Waals surface area contributed by atoms with E-state index in [4.69, 9.17) is 5.73 Å². The second kappa shape index (κ2) is 5.14. The molecule has 1 aromatic rings. The fourth-order valence-electron chi connectivity index (χ4n) is 1.70. The smallest absolute Gasteiger partial charge is 0.0966 e. The number of thiazole rings is 1. The van der Waals surface area contributed by atoms with Gasteiger partial charge in [-0.05, 0) is 31.6 Å². The van der Waals surface area contributed by atoms with E-state index < -0.39 is 0 Å². The first-order valence-corrected chi connectivity index (χ1v) is 7.09. The molecule has 1 aliphatic rings. The van der Waals surface area contributed by atoms with E-state index in [0.29, 0.717) is 5.92 Å². The fraction of sp³-hybridized carbons (Fsp3) is 0.700. The van der Waals surface area contributed by atoms with Crippen molar-refractivity contribution in [1.29, 1.82) is 0 Å². The molecule has 14 heavy (non-hydrogen) atoms. The van der Waals surface area contributed by atoms with Crippen LogP contribution in [-0.4, -0.2) is 23.0 Å². The minimum Gasteiger partial charge on any atom is -0.330 e. The standard InChI is InChI=1S/C10H16N2S2/c11-4-3-9-6-12-10(14-9)8-2-1-5-13-7-8/h6,8H,1-5,7,11H2. The molecule has 0 bridgehead atoms. The Balaban J connectivity index is 2.00. The Labute approximate surface area is 93.3 Å². The molecular weight excluding hydrogens is 212 g/mol. The van der Waals surface area contributed by atoms with Gasteiger partial charge in [0.2, 0.25) is 0 Å². The lowest BCUT2D eigenvalue weighted by molar-refractivity contribution is 0.656. The molecule has 1 atom stereocenters. The SMILES string of the molecule is NCCc1cnc(C2CCCSC2)s1. The number of hydrogen-bond donors (Lipinski definition) is 1. The van der Waals surface area contributed by atoms with Crippen LogP contribution in [0.2, 0.25) is 0 Å². The number of thioether (sulfide) groups is 1. The summed E-state index contributed by atoms with van der Waals surface area (Å²) in [6, 6.07) is 0. The number of nitrogens with zero attached hydrogens (tertiary/aromatic N) is 1. The van der Waals surface area contributed by atoms with Gasteiger partial charge in [0.15, 0.2) is 0 Å². The molecule has 1 saturated heterocycles. The highest BCUT2D eigenvalue weighted by molar-refractivity contribution is 7.99. The molecule has 2 nitrogen and oxygen atoms in total. The van der Waals surface area contributed by atoms with E-state index in [1.165, 1.54) is 34.2 Å². The Hall–Kier alpha value is -0.0600. The van der Waals surface area contributed by atoms with Gasteiger partial charge in [0.05, 0.1) is 5.01 Å². The molecule has 4 heteroatoms. The van der Waals surface area contributed by atoms with Crippen molar-refractivity contribution in [2.45, 2.75) is 25.2 Å². The number of rotatable bonds is 3. The molecule has 1 unspecified atom stereocenters. The maximum absolute atomic E-state index is 5.52. The maximum Gasteiger partial charge on any atom is 0.0966 e. The molecule has 78 valence electrons. The van der Waals surface area contributed by atoms with E-state index in [1.54, 1.807) is 0 Å². The normalized spacial score (nSPS) is 22.5. The van der Waals surface area contributed by atoms with Crippen LogP contribution in [0.3, 0.4) is 0 Å². The van der Waals surface area contributed by atoms with Crippen LogP contribution >= 0.6 is 23.1 Å². The summed E-state index contributed by atoms with van der Waals surface area (Å²) < 4.78 is 0. The lowest BCUT2D eigenvalue weighted by Crippen LogP contribution is -2.07. The molecule has 2 rings (SSSR count). The zero-order valence-electron chi connectivity index (χ0n) is 8.24. The molecular formula is C10H16N2S2. The van der Waals surface area contributed by atoms with Crippen molar-refractivity contribution in [3.63, 3.8) is 0 Å². The Morgan fingerprint density at radius 2 is 2.50 bits per heavy atom. The molecule has 0 aromatic carbocycles. The van der Waals surface area contributed by atoms with Gasteiger partial charge >= 0.3 is 0 Å². The van der Waals surface area contributed by atoms with E-state index in [1.807, 2.05) is 17.5 Å². The van der Waals surface area contributed by atoms with E-state index in [-0.39, 0.29) is 0 Å². The lowest BCUT2D eigenvalue weighted by Gasteiger charge is -2.18. The van der Waals surface area contributed by atoms with Gasteiger partial charge in [0.25, 0.3) is 0 Å². The first-order valence-electron chi connectivity index (χ1n) is 5.12. The van der Waals surface area contributed by atoms with E-state index in [2.05, 4.69) is 16.7 Å². The van der Waals surface area contributed by atoms with Gasteiger partial charge in [0, 0.05) is 22.7 Å². The first kappa shape index (κ1) is 10.5. The molecule has 2 heterocycles. The Kier molecular flexibility index (Phi) is 3.84. The highest BCUT2D eigenvalue weighted by Crippen LogP contribution is 2.33. The predicted octanol–water partition coefficient (Wildman–Crippen LogP) is 2.25. The van der Waals surface area contributed by atoms with Crippen molar-refractivity contribution in [3.05, 3.63) is 16.1 Å². The van der Waals surface area contributed by atoms with Crippen molar-refractivity contribution < 1.29 is 0 Å². The number of nitrogens with two attached hydrogens (primary N) is 1. The van der Waals surface area contributed by atoms with Gasteiger partial charge in [-0.2, -0.15) is 11.8 Å². The average Bonchev–Trinajstić information content (AvgIpc) is 2.68. The van der Waals surface area contributed by atoms with Crippen LogP contribution in [0.25, 0.3) is 0 Å². The Bertz CT molecular complexity index is 279. The van der Waals surface area contributed by atoms with Crippen molar-refractivity contribution >= 4 is 23.1 Å². The molecule has 1 aliphatic heterocycles. The summed E-state index contributed by atoms with van der Waals surface area (Å²) in [5.74, 6) is 3.30. The van der Waals surface area contributed by atoms with Gasteiger partial charge in [-0.25, -0.2) is 4.98 Å². The molecule has 1 fully saturated rings. The van der Waals surface area contributed by atoms with Crippen LogP contribution < -0.4 is 5.73 Å². The summed E-state index contributed by atoms with van der Waals surface area (Å²) in [7, 11) is 0. The zero-order valence-corrected chi connectivity index (χ0v) is 9.87. The van der Waals surface area contributed by atoms with Crippen LogP contribution in [0.4, 0.5) is 0 Å². The number of hydrogen-bond acceptors (Lipinski definition) is 4. The van der Waals surface area contributed by atoms with Crippen molar-refractivity contribution in [2.75, 3.05) is 18.1 Å². The third-order valence-corrected chi connectivity index (χ3v) is 4.91. The van der Waals surface area contributed by atoms with Crippen molar-refractivity contribution in [2.24, 2.45) is 5.73 Å². The zero-order chi connectivity index (χ0) is 9.80. The fourth-order valence-corrected chi connectivity index (χ4v) is 4.02. The largest absolute Gasteiger partial charge is 0.330 e. The molecule has 0 aliphatic carbocycles. The van der Waals surface area contributed by atoms with Gasteiger partial charge in [-0.15, -0.1) is 11.3 Å². The summed E-state index contributed by atoms with van der Waals surface area (Å²) in [6.45, 7) is 0.737. The van der Waals surface area contributed by atoms with Gasteiger partial charge in [0.1, 0.15) is 0 Å². The van der Waals surface area contributed by atoms with Crippen LogP contribution in [0.5, 0.6) is 0 Å². The second-order valence-electron chi connectivity index (χ2n) is 3.62. The summed E-state index contributed by atoms with van der Waals surface area (Å²) in [4.78, 5) is 5.85. The minimum atomic E-state index is 0.713. The Morgan fingerprint density at radius 1 is 1.57 bits per heavy atom. The first-order chi connectivity index (χ1) is 6.90. The predicted molar refractivity (Wildman–Crippen MR) is 64.2 cm³/mol. The second-order valence-corrected chi connectivity index (χ2v) is 5.91. The van der Waals surface area contributed by atoms with Crippen LogP contribution in [0.15, 0.2) is 6.20 Å². The Morgan fingerprint density at radius 3 is 3.21 bits per heavy atom. The molecule has 0 amide bonds. The molecule has 0 saturated carbocycles. The third kappa shape index (κ3) is 2.49. The summed E-state index contributed by atoms with van der Waals surface area (Å²) >= 11 is 3.92. The number of aromatic nitrogens is 1.